The van der Waals surface area contributed by atoms with E-state index in [4.69, 9.17) is 5.11 Å². The highest BCUT2D eigenvalue weighted by atomic mass is 16.3. The summed E-state index contributed by atoms with van der Waals surface area (Å²) in [5.41, 5.74) is 0.458. The number of rotatable bonds is 3. The van der Waals surface area contributed by atoms with E-state index in [1.807, 2.05) is 30.3 Å². The van der Waals surface area contributed by atoms with Crippen molar-refractivity contribution < 1.29 is 15.0 Å². The van der Waals surface area contributed by atoms with Crippen LogP contribution >= 0.6 is 0 Å². The van der Waals surface area contributed by atoms with E-state index < -0.39 is 6.10 Å². The van der Waals surface area contributed by atoms with E-state index in [2.05, 4.69) is 4.98 Å². The van der Waals surface area contributed by atoms with Gasteiger partial charge in [-0.2, -0.15) is 0 Å². The number of pyridine rings is 1. The predicted octanol–water partition coefficient (Wildman–Crippen LogP) is 1.44. The van der Waals surface area contributed by atoms with E-state index in [0.717, 1.165) is 10.8 Å². The number of piperidine rings is 1. The average Bonchev–Trinajstić information content (AvgIpc) is 2.60. The van der Waals surface area contributed by atoms with Gasteiger partial charge in [-0.15, -0.1) is 0 Å². The Morgan fingerprint density at radius 1 is 1.27 bits per heavy atom. The monoisotopic (exact) mass is 300 g/mol. The van der Waals surface area contributed by atoms with E-state index in [0.29, 0.717) is 31.6 Å². The summed E-state index contributed by atoms with van der Waals surface area (Å²) in [6, 6.07) is 9.66. The molecular weight excluding hydrogens is 280 g/mol. The van der Waals surface area contributed by atoms with Gasteiger partial charge in [-0.3, -0.25) is 9.78 Å². The number of aliphatic hydroxyl groups excluding tert-OH is 2. The van der Waals surface area contributed by atoms with Gasteiger partial charge in [0.05, 0.1) is 12.7 Å². The van der Waals surface area contributed by atoms with E-state index >= 15 is 0 Å². The van der Waals surface area contributed by atoms with Crippen LogP contribution < -0.4 is 0 Å². The van der Waals surface area contributed by atoms with Crippen LogP contribution in [-0.4, -0.2) is 51.8 Å². The molecule has 1 aromatic carbocycles. The van der Waals surface area contributed by atoms with Gasteiger partial charge < -0.3 is 15.1 Å². The molecule has 0 spiro atoms. The lowest BCUT2D eigenvalue weighted by Gasteiger charge is -2.33. The van der Waals surface area contributed by atoms with Crippen molar-refractivity contribution in [3.05, 3.63) is 42.2 Å². The molecule has 0 radical (unpaired) electrons. The number of hydrogen-bond donors (Lipinski definition) is 2. The normalized spacial score (nSPS) is 17.6. The lowest BCUT2D eigenvalue weighted by atomic mass is 9.91. The minimum absolute atomic E-state index is 0.0670. The lowest BCUT2D eigenvalue weighted by Crippen LogP contribution is -2.42. The van der Waals surface area contributed by atoms with Gasteiger partial charge in [0.15, 0.2) is 0 Å². The van der Waals surface area contributed by atoms with Crippen LogP contribution in [-0.2, 0) is 0 Å². The molecule has 1 atom stereocenters. The number of likely N-dealkylation sites (tertiary alicyclic amines) is 1. The highest BCUT2D eigenvalue weighted by Gasteiger charge is 2.28. The van der Waals surface area contributed by atoms with E-state index in [-0.39, 0.29) is 18.4 Å². The van der Waals surface area contributed by atoms with Crippen LogP contribution in [0.4, 0.5) is 0 Å². The number of aromatic nitrogens is 1. The molecule has 0 aliphatic carbocycles. The maximum Gasteiger partial charge on any atom is 0.272 e. The van der Waals surface area contributed by atoms with Crippen molar-refractivity contribution >= 4 is 16.7 Å². The van der Waals surface area contributed by atoms with Crippen molar-refractivity contribution in [3.8, 4) is 0 Å². The van der Waals surface area contributed by atoms with Crippen LogP contribution in [0.25, 0.3) is 10.8 Å². The summed E-state index contributed by atoms with van der Waals surface area (Å²) in [4.78, 5) is 18.6. The van der Waals surface area contributed by atoms with Gasteiger partial charge in [-0.25, -0.2) is 0 Å². The Labute approximate surface area is 129 Å². The summed E-state index contributed by atoms with van der Waals surface area (Å²) in [6.07, 6.45) is 2.46. The fourth-order valence-corrected chi connectivity index (χ4v) is 3.00. The number of amides is 1. The van der Waals surface area contributed by atoms with E-state index in [9.17, 15) is 9.90 Å². The maximum absolute atomic E-state index is 12.5. The molecule has 1 fully saturated rings. The third kappa shape index (κ3) is 2.96. The van der Waals surface area contributed by atoms with Crippen LogP contribution in [0.15, 0.2) is 36.5 Å². The molecule has 3 rings (SSSR count). The van der Waals surface area contributed by atoms with E-state index in [1.54, 1.807) is 11.1 Å². The SMILES string of the molecule is O=C(c1cc2ccccc2cn1)N1CCC(C(O)CO)CC1. The lowest BCUT2D eigenvalue weighted by molar-refractivity contribution is 0.0178. The van der Waals surface area contributed by atoms with Crippen LogP contribution in [0.5, 0.6) is 0 Å². The summed E-state index contributed by atoms with van der Waals surface area (Å²) in [7, 11) is 0. The molecule has 1 saturated heterocycles. The number of aliphatic hydroxyl groups is 2. The zero-order valence-electron chi connectivity index (χ0n) is 12.4. The van der Waals surface area contributed by atoms with Gasteiger partial charge >= 0.3 is 0 Å². The zero-order valence-corrected chi connectivity index (χ0v) is 12.4. The minimum Gasteiger partial charge on any atom is -0.394 e. The van der Waals surface area contributed by atoms with Gasteiger partial charge in [0, 0.05) is 24.7 Å². The molecule has 5 nitrogen and oxygen atoms in total. The Kier molecular flexibility index (Phi) is 4.36. The standard InChI is InChI=1S/C17H20N2O3/c20-11-16(21)12-5-7-19(8-6-12)17(22)15-9-13-3-1-2-4-14(13)10-18-15/h1-4,9-10,12,16,20-21H,5-8,11H2. The predicted molar refractivity (Wildman–Crippen MR) is 83.5 cm³/mol. The molecule has 5 heteroatoms. The van der Waals surface area contributed by atoms with Crippen LogP contribution in [0, 0.1) is 5.92 Å². The van der Waals surface area contributed by atoms with Crippen molar-refractivity contribution in [1.29, 1.82) is 0 Å². The van der Waals surface area contributed by atoms with Gasteiger partial charge in [-0.05, 0) is 30.2 Å². The Morgan fingerprint density at radius 2 is 1.95 bits per heavy atom. The molecule has 1 unspecified atom stereocenters. The first kappa shape index (κ1) is 14.9. The van der Waals surface area contributed by atoms with Crippen molar-refractivity contribution in [2.45, 2.75) is 18.9 Å². The number of benzene rings is 1. The summed E-state index contributed by atoms with van der Waals surface area (Å²) in [5, 5.41) is 20.7. The third-order valence-corrected chi connectivity index (χ3v) is 4.41. The molecule has 1 aliphatic heterocycles. The first-order valence-electron chi connectivity index (χ1n) is 7.62. The Bertz CT molecular complexity index is 666. The van der Waals surface area contributed by atoms with Gasteiger partial charge in [-0.1, -0.05) is 24.3 Å². The van der Waals surface area contributed by atoms with Crippen LogP contribution in [0.1, 0.15) is 23.3 Å². The number of nitrogens with zero attached hydrogens (tertiary/aromatic N) is 2. The molecule has 116 valence electrons. The zero-order chi connectivity index (χ0) is 15.5. The molecule has 1 aromatic heterocycles. The highest BCUT2D eigenvalue weighted by Crippen LogP contribution is 2.22. The summed E-state index contributed by atoms with van der Waals surface area (Å²) < 4.78 is 0. The van der Waals surface area contributed by atoms with Gasteiger partial charge in [0.1, 0.15) is 5.69 Å². The number of fused-ring (bicyclic) bond motifs is 1. The summed E-state index contributed by atoms with van der Waals surface area (Å²) in [6.45, 7) is 0.967. The van der Waals surface area contributed by atoms with Gasteiger partial charge in [0.25, 0.3) is 5.91 Å². The van der Waals surface area contributed by atoms with E-state index in [1.165, 1.54) is 0 Å². The topological polar surface area (TPSA) is 73.7 Å². The van der Waals surface area contributed by atoms with Crippen molar-refractivity contribution in [1.82, 2.24) is 9.88 Å². The molecule has 2 heterocycles. The Hall–Kier alpha value is -1.98. The fraction of sp³-hybridized carbons (Fsp3) is 0.412. The van der Waals surface area contributed by atoms with Crippen molar-refractivity contribution in [2.24, 2.45) is 5.92 Å². The average molecular weight is 300 g/mol. The smallest absolute Gasteiger partial charge is 0.272 e. The maximum atomic E-state index is 12.5. The second kappa shape index (κ2) is 6.42. The van der Waals surface area contributed by atoms with Crippen molar-refractivity contribution in [2.75, 3.05) is 19.7 Å². The van der Waals surface area contributed by atoms with Crippen LogP contribution in [0.3, 0.4) is 0 Å². The molecule has 0 saturated carbocycles. The quantitative estimate of drug-likeness (QED) is 0.899. The molecule has 22 heavy (non-hydrogen) atoms. The molecule has 2 N–H and O–H groups in total. The second-order valence-electron chi connectivity index (χ2n) is 5.80. The second-order valence-corrected chi connectivity index (χ2v) is 5.80. The number of carbonyl (C=O) groups excluding carboxylic acids is 1. The Balaban J connectivity index is 1.71. The van der Waals surface area contributed by atoms with Gasteiger partial charge in [0.2, 0.25) is 0 Å². The van der Waals surface area contributed by atoms with Crippen LogP contribution in [0.2, 0.25) is 0 Å². The first-order valence-corrected chi connectivity index (χ1v) is 7.62. The number of hydrogen-bond acceptors (Lipinski definition) is 4. The molecule has 2 aromatic rings. The number of carbonyl (C=O) groups is 1. The minimum atomic E-state index is -0.684. The third-order valence-electron chi connectivity index (χ3n) is 4.41. The molecule has 1 aliphatic rings. The highest BCUT2D eigenvalue weighted by molar-refractivity contribution is 5.96. The fourth-order valence-electron chi connectivity index (χ4n) is 3.00. The first-order chi connectivity index (χ1) is 10.7. The molecule has 1 amide bonds. The van der Waals surface area contributed by atoms with Crippen molar-refractivity contribution in [3.63, 3.8) is 0 Å². The molecular formula is C17H20N2O3. The molecule has 0 bridgehead atoms. The summed E-state index contributed by atoms with van der Waals surface area (Å²) >= 11 is 0. The summed E-state index contributed by atoms with van der Waals surface area (Å²) in [5.74, 6) is 0.00121. The Morgan fingerprint density at radius 3 is 2.64 bits per heavy atom. The largest absolute Gasteiger partial charge is 0.394 e.